The summed E-state index contributed by atoms with van der Waals surface area (Å²) in [5.41, 5.74) is -1.37. The Balaban J connectivity index is 1.63. The molecule has 0 spiro atoms. The zero-order valence-electron chi connectivity index (χ0n) is 22.8. The molecule has 224 valence electrons. The Hall–Kier alpha value is -3.48. The summed E-state index contributed by atoms with van der Waals surface area (Å²) in [6.07, 6.45) is -10.0. The van der Waals surface area contributed by atoms with Gasteiger partial charge in [-0.1, -0.05) is 31.2 Å². The number of aromatic nitrogens is 2. The van der Waals surface area contributed by atoms with Crippen molar-refractivity contribution in [2.75, 3.05) is 42.6 Å². The van der Waals surface area contributed by atoms with Crippen molar-refractivity contribution in [3.63, 3.8) is 0 Å². The first kappa shape index (κ1) is 30.0. The number of amides is 1. The van der Waals surface area contributed by atoms with Gasteiger partial charge in [0, 0.05) is 49.2 Å². The van der Waals surface area contributed by atoms with E-state index in [-0.39, 0.29) is 42.1 Å². The van der Waals surface area contributed by atoms with Gasteiger partial charge in [-0.05, 0) is 36.2 Å². The number of ether oxygens (including phenoxy) is 1. The maximum atomic E-state index is 14.2. The molecule has 13 heteroatoms. The molecule has 1 amide bonds. The number of anilines is 1. The molecule has 1 fully saturated rings. The number of carbonyl (C=O) groups excluding carboxylic acids is 1. The van der Waals surface area contributed by atoms with Gasteiger partial charge in [0.25, 0.3) is 5.91 Å². The second kappa shape index (κ2) is 11.7. The van der Waals surface area contributed by atoms with E-state index < -0.39 is 35.9 Å². The van der Waals surface area contributed by atoms with Crippen LogP contribution in [0.15, 0.2) is 42.5 Å². The topological polar surface area (TPSA) is 58.6 Å². The van der Waals surface area contributed by atoms with Crippen LogP contribution in [0.4, 0.5) is 32.3 Å². The van der Waals surface area contributed by atoms with Crippen LogP contribution in [-0.2, 0) is 18.9 Å². The normalized spacial score (nSPS) is 18.3. The number of fused-ring (bicyclic) bond motifs is 1. The third-order valence-electron chi connectivity index (χ3n) is 7.12. The van der Waals surface area contributed by atoms with Crippen LogP contribution < -0.4 is 9.64 Å². The number of nitrogens with zero attached hydrogens (tertiary/aromatic N) is 4. The SMILES string of the molecule is Cc1ccccc1-c1nc(N2CCSCC2)nc2c1C(=O)N(Cc1cc(C(F)(F)F)cc(C(F)(F)F)c1)C[C@@H](C)CO2. The van der Waals surface area contributed by atoms with Crippen molar-refractivity contribution in [1.82, 2.24) is 14.9 Å². The summed E-state index contributed by atoms with van der Waals surface area (Å²) in [4.78, 5) is 26.9. The van der Waals surface area contributed by atoms with Crippen molar-refractivity contribution in [2.24, 2.45) is 5.92 Å². The fourth-order valence-corrected chi connectivity index (χ4v) is 5.93. The molecule has 42 heavy (non-hydrogen) atoms. The van der Waals surface area contributed by atoms with Crippen molar-refractivity contribution in [3.05, 3.63) is 70.3 Å². The van der Waals surface area contributed by atoms with E-state index in [1.54, 1.807) is 19.1 Å². The highest BCUT2D eigenvalue weighted by Crippen LogP contribution is 2.38. The van der Waals surface area contributed by atoms with Crippen LogP contribution in [0.25, 0.3) is 11.3 Å². The number of hydrogen-bond acceptors (Lipinski definition) is 6. The average molecular weight is 611 g/mol. The molecule has 2 aromatic carbocycles. The quantitative estimate of drug-likeness (QED) is 0.306. The Labute approximate surface area is 243 Å². The van der Waals surface area contributed by atoms with Crippen molar-refractivity contribution in [2.45, 2.75) is 32.7 Å². The Bertz CT molecular complexity index is 1440. The highest BCUT2D eigenvalue weighted by atomic mass is 32.2. The summed E-state index contributed by atoms with van der Waals surface area (Å²) >= 11 is 1.81. The highest BCUT2D eigenvalue weighted by molar-refractivity contribution is 7.99. The Morgan fingerprint density at radius 3 is 2.24 bits per heavy atom. The molecule has 6 nitrogen and oxygen atoms in total. The third-order valence-corrected chi connectivity index (χ3v) is 8.06. The molecule has 0 bridgehead atoms. The number of carbonyl (C=O) groups is 1. The van der Waals surface area contributed by atoms with E-state index in [9.17, 15) is 31.1 Å². The maximum absolute atomic E-state index is 14.2. The van der Waals surface area contributed by atoms with Crippen LogP contribution in [0.5, 0.6) is 5.88 Å². The van der Waals surface area contributed by atoms with E-state index >= 15 is 0 Å². The zero-order chi connectivity index (χ0) is 30.2. The summed E-state index contributed by atoms with van der Waals surface area (Å²) in [7, 11) is 0. The lowest BCUT2D eigenvalue weighted by atomic mass is 9.99. The molecule has 0 unspecified atom stereocenters. The van der Waals surface area contributed by atoms with Gasteiger partial charge >= 0.3 is 12.4 Å². The number of aryl methyl sites for hydroxylation is 1. The summed E-state index contributed by atoms with van der Waals surface area (Å²) in [5, 5.41) is 0. The lowest BCUT2D eigenvalue weighted by Crippen LogP contribution is -2.39. The minimum atomic E-state index is -5.00. The molecule has 5 rings (SSSR count). The molecule has 1 saturated heterocycles. The molecule has 3 heterocycles. The Morgan fingerprint density at radius 2 is 1.62 bits per heavy atom. The Morgan fingerprint density at radius 1 is 0.976 bits per heavy atom. The predicted molar refractivity (Wildman–Crippen MR) is 148 cm³/mol. The number of alkyl halides is 6. The maximum Gasteiger partial charge on any atom is 0.416 e. The van der Waals surface area contributed by atoms with Crippen molar-refractivity contribution < 1.29 is 35.9 Å². The van der Waals surface area contributed by atoms with E-state index in [1.807, 2.05) is 35.7 Å². The summed E-state index contributed by atoms with van der Waals surface area (Å²) in [6.45, 7) is 4.73. The first-order chi connectivity index (χ1) is 19.8. The van der Waals surface area contributed by atoms with Gasteiger partial charge in [-0.15, -0.1) is 0 Å². The molecular weight excluding hydrogens is 582 g/mol. The second-order valence-electron chi connectivity index (χ2n) is 10.5. The van der Waals surface area contributed by atoms with E-state index in [2.05, 4.69) is 4.98 Å². The number of hydrogen-bond donors (Lipinski definition) is 0. The van der Waals surface area contributed by atoms with Crippen molar-refractivity contribution >= 4 is 23.6 Å². The number of halogens is 6. The van der Waals surface area contributed by atoms with Gasteiger partial charge in [0.2, 0.25) is 11.8 Å². The van der Waals surface area contributed by atoms with E-state index in [1.165, 1.54) is 4.90 Å². The molecule has 0 radical (unpaired) electrons. The molecule has 3 aromatic rings. The zero-order valence-corrected chi connectivity index (χ0v) is 23.7. The fourth-order valence-electron chi connectivity index (χ4n) is 5.02. The van der Waals surface area contributed by atoms with Crippen LogP contribution >= 0.6 is 11.8 Å². The number of thioether (sulfide) groups is 1. The summed E-state index contributed by atoms with van der Waals surface area (Å²) < 4.78 is 87.4. The molecule has 0 aliphatic carbocycles. The summed E-state index contributed by atoms with van der Waals surface area (Å²) in [6, 6.07) is 8.67. The van der Waals surface area contributed by atoms with Crippen molar-refractivity contribution in [3.8, 4) is 17.1 Å². The minimum absolute atomic E-state index is 0.0226. The molecule has 0 N–H and O–H groups in total. The molecular formula is C29H28F6N4O2S. The van der Waals surface area contributed by atoms with Crippen molar-refractivity contribution in [1.29, 1.82) is 0 Å². The first-order valence-corrected chi connectivity index (χ1v) is 14.5. The second-order valence-corrected chi connectivity index (χ2v) is 11.7. The average Bonchev–Trinajstić information content (AvgIpc) is 2.94. The third kappa shape index (κ3) is 6.45. The minimum Gasteiger partial charge on any atom is -0.477 e. The van der Waals surface area contributed by atoms with Crippen LogP contribution in [0, 0.1) is 12.8 Å². The molecule has 2 aliphatic heterocycles. The largest absolute Gasteiger partial charge is 0.477 e. The van der Waals surface area contributed by atoms with Gasteiger partial charge < -0.3 is 14.5 Å². The first-order valence-electron chi connectivity index (χ1n) is 13.3. The number of rotatable bonds is 4. The van der Waals surface area contributed by atoms with Gasteiger partial charge in [0.1, 0.15) is 5.56 Å². The van der Waals surface area contributed by atoms with Gasteiger partial charge in [-0.25, -0.2) is 4.98 Å². The van der Waals surface area contributed by atoms with Gasteiger partial charge in [0.15, 0.2) is 0 Å². The Kier molecular flexibility index (Phi) is 8.32. The molecule has 1 atom stereocenters. The standard InChI is InChI=1S/C29H28F6N4O2S/c1-17-14-39(15-19-11-20(28(30,31)32)13-21(12-19)29(33,34)35)26(40)23-24(22-6-4-3-5-18(22)2)36-27(37-25(23)41-16-17)38-7-9-42-10-8-38/h3-6,11-13,17H,7-10,14-16H2,1-2H3/t17-/m1/s1. The highest BCUT2D eigenvalue weighted by Gasteiger charge is 2.38. The van der Waals surface area contributed by atoms with Crippen LogP contribution in [-0.4, -0.2) is 58.5 Å². The summed E-state index contributed by atoms with van der Waals surface area (Å²) in [5.74, 6) is 1.26. The predicted octanol–water partition coefficient (Wildman–Crippen LogP) is 6.71. The smallest absolute Gasteiger partial charge is 0.416 e. The lowest BCUT2D eigenvalue weighted by Gasteiger charge is -2.32. The van der Waals surface area contributed by atoms with E-state index in [0.717, 1.165) is 17.1 Å². The van der Waals surface area contributed by atoms with Gasteiger partial charge in [0.05, 0.1) is 23.4 Å². The van der Waals surface area contributed by atoms with Crippen LogP contribution in [0.1, 0.15) is 39.5 Å². The number of benzene rings is 2. The van der Waals surface area contributed by atoms with Gasteiger partial charge in [-0.3, -0.25) is 4.79 Å². The van der Waals surface area contributed by atoms with Crippen LogP contribution in [0.2, 0.25) is 0 Å². The van der Waals surface area contributed by atoms with Gasteiger partial charge in [-0.2, -0.15) is 43.1 Å². The fraction of sp³-hybridized carbons (Fsp3) is 0.414. The van der Waals surface area contributed by atoms with E-state index in [0.29, 0.717) is 42.4 Å². The van der Waals surface area contributed by atoms with Crippen LogP contribution in [0.3, 0.4) is 0 Å². The molecule has 1 aromatic heterocycles. The monoisotopic (exact) mass is 610 g/mol. The molecule has 0 saturated carbocycles. The lowest BCUT2D eigenvalue weighted by molar-refractivity contribution is -0.143. The van der Waals surface area contributed by atoms with E-state index in [4.69, 9.17) is 9.72 Å². The molecule has 2 aliphatic rings.